The summed E-state index contributed by atoms with van der Waals surface area (Å²) in [6.45, 7) is 0.956. The molecule has 112 valence electrons. The Bertz CT molecular complexity index is 587. The number of rotatable bonds is 2. The van der Waals surface area contributed by atoms with Crippen LogP contribution in [-0.4, -0.2) is 52.2 Å². The number of aliphatic hydroxyl groups is 1. The predicted octanol–water partition coefficient (Wildman–Crippen LogP) is 0.705. The normalized spacial score (nSPS) is 24.3. The Morgan fingerprint density at radius 2 is 2.14 bits per heavy atom. The summed E-state index contributed by atoms with van der Waals surface area (Å²) in [5, 5.41) is 22.2. The van der Waals surface area contributed by atoms with Crippen LogP contribution in [0.1, 0.15) is 28.8 Å². The van der Waals surface area contributed by atoms with Gasteiger partial charge in [0.2, 0.25) is 0 Å². The number of nitrogens with zero attached hydrogens (tertiary/aromatic N) is 1. The molecule has 21 heavy (non-hydrogen) atoms. The zero-order valence-corrected chi connectivity index (χ0v) is 11.6. The lowest BCUT2D eigenvalue weighted by Gasteiger charge is -2.25. The molecule has 0 aliphatic carbocycles. The second kappa shape index (κ2) is 5.37. The van der Waals surface area contributed by atoms with Crippen LogP contribution in [0, 0.1) is 0 Å². The number of anilines is 1. The SMILES string of the molecule is O=C(O)[C@H]1C[C@@H](O)CN1C(=O)c1cccc2c1CCCN2. The van der Waals surface area contributed by atoms with Gasteiger partial charge in [-0.15, -0.1) is 0 Å². The van der Waals surface area contributed by atoms with Crippen LogP contribution in [0.5, 0.6) is 0 Å². The minimum Gasteiger partial charge on any atom is -0.480 e. The molecular formula is C15H18N2O4. The smallest absolute Gasteiger partial charge is 0.326 e. The molecule has 0 radical (unpaired) electrons. The lowest BCUT2D eigenvalue weighted by atomic mass is 9.96. The van der Waals surface area contributed by atoms with E-state index in [4.69, 9.17) is 0 Å². The molecule has 1 saturated heterocycles. The monoisotopic (exact) mass is 290 g/mol. The molecule has 6 nitrogen and oxygen atoms in total. The van der Waals surface area contributed by atoms with Gasteiger partial charge in [0.05, 0.1) is 6.10 Å². The summed E-state index contributed by atoms with van der Waals surface area (Å²) in [5.74, 6) is -1.37. The van der Waals surface area contributed by atoms with E-state index in [0.29, 0.717) is 5.56 Å². The fourth-order valence-electron chi connectivity index (χ4n) is 3.14. The summed E-state index contributed by atoms with van der Waals surface area (Å²) in [7, 11) is 0. The van der Waals surface area contributed by atoms with Crippen molar-refractivity contribution in [2.75, 3.05) is 18.4 Å². The third-order valence-electron chi connectivity index (χ3n) is 4.15. The topological polar surface area (TPSA) is 89.9 Å². The number of hydrogen-bond donors (Lipinski definition) is 3. The van der Waals surface area contributed by atoms with Crippen molar-refractivity contribution in [1.82, 2.24) is 4.90 Å². The molecule has 1 fully saturated rings. The van der Waals surface area contributed by atoms with E-state index in [0.717, 1.165) is 30.6 Å². The second-order valence-electron chi connectivity index (χ2n) is 5.56. The second-order valence-corrected chi connectivity index (χ2v) is 5.56. The van der Waals surface area contributed by atoms with Crippen LogP contribution in [0.4, 0.5) is 5.69 Å². The van der Waals surface area contributed by atoms with Crippen molar-refractivity contribution >= 4 is 17.6 Å². The Kier molecular flexibility index (Phi) is 3.55. The highest BCUT2D eigenvalue weighted by Gasteiger charge is 2.39. The molecule has 0 unspecified atom stereocenters. The summed E-state index contributed by atoms with van der Waals surface area (Å²) in [6, 6.07) is 4.52. The first-order valence-corrected chi connectivity index (χ1v) is 7.15. The number of carboxylic acids is 1. The Labute approximate surface area is 122 Å². The number of carboxylic acid groups (broad SMARTS) is 1. The third kappa shape index (κ3) is 2.47. The maximum atomic E-state index is 12.7. The van der Waals surface area contributed by atoms with Crippen LogP contribution in [0.3, 0.4) is 0 Å². The first kappa shape index (κ1) is 13.9. The largest absolute Gasteiger partial charge is 0.480 e. The number of hydrogen-bond acceptors (Lipinski definition) is 4. The summed E-state index contributed by atoms with van der Waals surface area (Å²) in [4.78, 5) is 25.2. The molecule has 1 amide bonds. The van der Waals surface area contributed by atoms with E-state index in [2.05, 4.69) is 5.32 Å². The van der Waals surface area contributed by atoms with Crippen molar-refractivity contribution in [3.8, 4) is 0 Å². The first-order valence-electron chi connectivity index (χ1n) is 7.15. The summed E-state index contributed by atoms with van der Waals surface area (Å²) < 4.78 is 0. The van der Waals surface area contributed by atoms with Crippen LogP contribution < -0.4 is 5.32 Å². The van der Waals surface area contributed by atoms with Crippen molar-refractivity contribution in [3.05, 3.63) is 29.3 Å². The minimum absolute atomic E-state index is 0.0763. The number of carbonyl (C=O) groups excluding carboxylic acids is 1. The van der Waals surface area contributed by atoms with E-state index in [1.807, 2.05) is 6.07 Å². The number of benzene rings is 1. The maximum Gasteiger partial charge on any atom is 0.326 e. The van der Waals surface area contributed by atoms with Crippen LogP contribution in [0.25, 0.3) is 0 Å². The number of amides is 1. The van der Waals surface area contributed by atoms with Crippen LogP contribution >= 0.6 is 0 Å². The number of aliphatic hydroxyl groups excluding tert-OH is 1. The molecule has 3 N–H and O–H groups in total. The highest BCUT2D eigenvalue weighted by Crippen LogP contribution is 2.28. The van der Waals surface area contributed by atoms with Gasteiger partial charge in [-0.3, -0.25) is 4.79 Å². The highest BCUT2D eigenvalue weighted by atomic mass is 16.4. The number of β-amino-alcohol motifs (C(OH)–C–C–N with tert-alkyl or cyclic N) is 1. The van der Waals surface area contributed by atoms with E-state index in [1.165, 1.54) is 4.90 Å². The molecule has 0 aromatic heterocycles. The summed E-state index contributed by atoms with van der Waals surface area (Å²) in [6.07, 6.45) is 1.07. The van der Waals surface area contributed by atoms with Gasteiger partial charge in [0.1, 0.15) is 6.04 Å². The molecule has 2 atom stereocenters. The van der Waals surface area contributed by atoms with E-state index in [9.17, 15) is 19.8 Å². The zero-order chi connectivity index (χ0) is 15.0. The van der Waals surface area contributed by atoms with Gasteiger partial charge < -0.3 is 20.4 Å². The molecule has 2 aliphatic rings. The standard InChI is InChI=1S/C15H18N2O4/c18-9-7-13(15(20)21)17(8-9)14(19)11-3-1-5-12-10(11)4-2-6-16-12/h1,3,5,9,13,16,18H,2,4,6-8H2,(H,20,21)/t9-,13-/m1/s1. The number of aliphatic carboxylic acids is 1. The minimum atomic E-state index is -1.07. The van der Waals surface area contributed by atoms with Gasteiger partial charge in [-0.05, 0) is 30.5 Å². The fraction of sp³-hybridized carbons (Fsp3) is 0.467. The molecule has 2 aliphatic heterocycles. The Hall–Kier alpha value is -2.08. The van der Waals surface area contributed by atoms with Gasteiger partial charge in [0, 0.05) is 30.8 Å². The van der Waals surface area contributed by atoms with Gasteiger partial charge in [-0.2, -0.15) is 0 Å². The average molecular weight is 290 g/mol. The maximum absolute atomic E-state index is 12.7. The van der Waals surface area contributed by atoms with E-state index in [1.54, 1.807) is 12.1 Å². The molecule has 6 heteroatoms. The molecule has 0 saturated carbocycles. The molecule has 0 bridgehead atoms. The molecule has 1 aromatic rings. The van der Waals surface area contributed by atoms with Crippen LogP contribution in [0.2, 0.25) is 0 Å². The van der Waals surface area contributed by atoms with Gasteiger partial charge in [-0.1, -0.05) is 6.07 Å². The van der Waals surface area contributed by atoms with Crippen molar-refractivity contribution in [3.63, 3.8) is 0 Å². The van der Waals surface area contributed by atoms with E-state index in [-0.39, 0.29) is 18.9 Å². The molecule has 1 aromatic carbocycles. The van der Waals surface area contributed by atoms with Crippen molar-refractivity contribution in [1.29, 1.82) is 0 Å². The average Bonchev–Trinajstić information content (AvgIpc) is 2.88. The van der Waals surface area contributed by atoms with Crippen molar-refractivity contribution < 1.29 is 19.8 Å². The predicted molar refractivity (Wildman–Crippen MR) is 76.3 cm³/mol. The Balaban J connectivity index is 1.93. The summed E-state index contributed by atoms with van der Waals surface area (Å²) >= 11 is 0. The van der Waals surface area contributed by atoms with Gasteiger partial charge >= 0.3 is 5.97 Å². The van der Waals surface area contributed by atoms with Gasteiger partial charge in [0.25, 0.3) is 5.91 Å². The zero-order valence-electron chi connectivity index (χ0n) is 11.6. The quantitative estimate of drug-likeness (QED) is 0.746. The lowest BCUT2D eigenvalue weighted by Crippen LogP contribution is -2.41. The van der Waals surface area contributed by atoms with Crippen LogP contribution in [0.15, 0.2) is 18.2 Å². The molecule has 2 heterocycles. The van der Waals surface area contributed by atoms with Crippen molar-refractivity contribution in [2.45, 2.75) is 31.4 Å². The number of nitrogens with one attached hydrogen (secondary N) is 1. The molecule has 3 rings (SSSR count). The summed E-state index contributed by atoms with van der Waals surface area (Å²) in [5.41, 5.74) is 2.43. The number of likely N-dealkylation sites (tertiary alicyclic amines) is 1. The van der Waals surface area contributed by atoms with E-state index >= 15 is 0 Å². The Morgan fingerprint density at radius 3 is 2.90 bits per heavy atom. The lowest BCUT2D eigenvalue weighted by molar-refractivity contribution is -0.141. The molecule has 0 spiro atoms. The highest BCUT2D eigenvalue weighted by molar-refractivity contribution is 5.99. The van der Waals surface area contributed by atoms with E-state index < -0.39 is 18.1 Å². The van der Waals surface area contributed by atoms with Gasteiger partial charge in [-0.25, -0.2) is 4.79 Å². The van der Waals surface area contributed by atoms with Crippen LogP contribution in [-0.2, 0) is 11.2 Å². The van der Waals surface area contributed by atoms with Gasteiger partial charge in [0.15, 0.2) is 0 Å². The fourth-order valence-corrected chi connectivity index (χ4v) is 3.14. The first-order chi connectivity index (χ1) is 10.1. The third-order valence-corrected chi connectivity index (χ3v) is 4.15. The Morgan fingerprint density at radius 1 is 1.33 bits per heavy atom. The van der Waals surface area contributed by atoms with Crippen molar-refractivity contribution in [2.24, 2.45) is 0 Å². The number of carbonyl (C=O) groups is 2. The number of fused-ring (bicyclic) bond motifs is 1. The molecular weight excluding hydrogens is 272 g/mol.